The van der Waals surface area contributed by atoms with E-state index < -0.39 is 0 Å². The van der Waals surface area contributed by atoms with Crippen molar-refractivity contribution in [3.63, 3.8) is 0 Å². The molecule has 1 amide bonds. The molecule has 1 aromatic carbocycles. The molecular formula is C20H25N3O2S. The maximum atomic E-state index is 11.1. The van der Waals surface area contributed by atoms with Crippen LogP contribution in [0.4, 0.5) is 5.13 Å². The van der Waals surface area contributed by atoms with Crippen LogP contribution in [0, 0.1) is 0 Å². The fourth-order valence-corrected chi connectivity index (χ4v) is 3.92. The number of nitrogens with zero attached hydrogens (tertiary/aromatic N) is 2. The van der Waals surface area contributed by atoms with Crippen molar-refractivity contribution in [1.82, 2.24) is 9.88 Å². The summed E-state index contributed by atoms with van der Waals surface area (Å²) in [4.78, 5) is 19.0. The Balaban J connectivity index is 1.50. The third kappa shape index (κ3) is 5.41. The van der Waals surface area contributed by atoms with Crippen molar-refractivity contribution >= 4 is 28.5 Å². The van der Waals surface area contributed by atoms with Gasteiger partial charge < -0.3 is 10.1 Å². The molecule has 1 saturated heterocycles. The van der Waals surface area contributed by atoms with E-state index in [2.05, 4.69) is 33.4 Å². The molecule has 1 aliphatic heterocycles. The summed E-state index contributed by atoms with van der Waals surface area (Å²) in [6.45, 7) is 7.20. The van der Waals surface area contributed by atoms with E-state index in [0.717, 1.165) is 38.2 Å². The highest BCUT2D eigenvalue weighted by Gasteiger charge is 2.15. The lowest BCUT2D eigenvalue weighted by Gasteiger charge is -2.27. The number of carbonyl (C=O) groups is 1. The number of rotatable bonds is 6. The number of nitrogens with one attached hydrogen (secondary N) is 1. The number of amides is 1. The molecular weight excluding hydrogens is 346 g/mol. The Morgan fingerprint density at radius 2 is 2.04 bits per heavy atom. The normalized spacial score (nSPS) is 14.9. The van der Waals surface area contributed by atoms with Gasteiger partial charge in [0.25, 0.3) is 0 Å². The van der Waals surface area contributed by atoms with E-state index in [1.165, 1.54) is 22.9 Å². The van der Waals surface area contributed by atoms with Crippen LogP contribution in [0.5, 0.6) is 5.75 Å². The summed E-state index contributed by atoms with van der Waals surface area (Å²) in [7, 11) is 0. The van der Waals surface area contributed by atoms with E-state index in [9.17, 15) is 4.79 Å². The molecule has 1 N–H and O–H groups in total. The monoisotopic (exact) mass is 371 g/mol. The predicted octanol–water partition coefficient (Wildman–Crippen LogP) is 4.18. The first kappa shape index (κ1) is 18.6. The Labute approximate surface area is 158 Å². The highest BCUT2D eigenvalue weighted by molar-refractivity contribution is 7.15. The summed E-state index contributed by atoms with van der Waals surface area (Å²) >= 11 is 1.55. The van der Waals surface area contributed by atoms with Gasteiger partial charge in [-0.2, -0.15) is 0 Å². The zero-order chi connectivity index (χ0) is 18.4. The molecule has 0 aliphatic carbocycles. The minimum atomic E-state index is -0.0760. The first-order valence-corrected chi connectivity index (χ1v) is 9.81. The summed E-state index contributed by atoms with van der Waals surface area (Å²) in [6.07, 6.45) is 6.34. The molecule has 6 heteroatoms. The Hall–Kier alpha value is -2.18. The number of piperidine rings is 1. The molecule has 0 unspecified atom stereocenters. The minimum absolute atomic E-state index is 0.0760. The summed E-state index contributed by atoms with van der Waals surface area (Å²) in [5, 5.41) is 3.42. The lowest BCUT2D eigenvalue weighted by Crippen LogP contribution is -2.29. The van der Waals surface area contributed by atoms with Crippen LogP contribution < -0.4 is 10.1 Å². The van der Waals surface area contributed by atoms with E-state index in [0.29, 0.717) is 11.7 Å². The number of hydrogen-bond donors (Lipinski definition) is 1. The van der Waals surface area contributed by atoms with Gasteiger partial charge in [-0.25, -0.2) is 4.98 Å². The summed E-state index contributed by atoms with van der Waals surface area (Å²) in [5.41, 5.74) is 2.73. The molecule has 0 bridgehead atoms. The van der Waals surface area contributed by atoms with Crippen molar-refractivity contribution in [2.75, 3.05) is 25.0 Å². The molecule has 0 saturated carbocycles. The van der Waals surface area contributed by atoms with Gasteiger partial charge in [0, 0.05) is 37.6 Å². The van der Waals surface area contributed by atoms with Gasteiger partial charge in [0.05, 0.1) is 6.61 Å². The Morgan fingerprint density at radius 3 is 2.69 bits per heavy atom. The van der Waals surface area contributed by atoms with Crippen molar-refractivity contribution in [3.05, 3.63) is 46.5 Å². The third-order valence-corrected chi connectivity index (χ3v) is 5.17. The molecule has 138 valence electrons. The smallest absolute Gasteiger partial charge is 0.223 e. The Morgan fingerprint density at radius 1 is 1.31 bits per heavy atom. The molecule has 0 radical (unpaired) electrons. The Bertz CT molecular complexity index is 758. The van der Waals surface area contributed by atoms with Gasteiger partial charge in [-0.15, -0.1) is 11.3 Å². The fourth-order valence-electron chi connectivity index (χ4n) is 3.01. The number of benzene rings is 1. The maximum absolute atomic E-state index is 11.1. The molecule has 1 aromatic heterocycles. The molecule has 2 aromatic rings. The highest BCUT2D eigenvalue weighted by Crippen LogP contribution is 2.24. The quantitative estimate of drug-likeness (QED) is 0.828. The average Bonchev–Trinajstić information content (AvgIpc) is 3.05. The number of thiazole rings is 1. The lowest BCUT2D eigenvalue weighted by molar-refractivity contribution is -0.114. The number of likely N-dealkylation sites (tertiary alicyclic amines) is 1. The number of anilines is 1. The van der Waals surface area contributed by atoms with Gasteiger partial charge in [0.1, 0.15) is 5.75 Å². The molecule has 5 nitrogen and oxygen atoms in total. The second-order valence-electron chi connectivity index (χ2n) is 6.39. The predicted molar refractivity (Wildman–Crippen MR) is 107 cm³/mol. The molecule has 0 atom stereocenters. The van der Waals surface area contributed by atoms with Gasteiger partial charge in [0.2, 0.25) is 5.91 Å². The zero-order valence-electron chi connectivity index (χ0n) is 15.3. The van der Waals surface area contributed by atoms with Crippen LogP contribution in [0.25, 0.3) is 6.08 Å². The van der Waals surface area contributed by atoms with Gasteiger partial charge in [-0.1, -0.05) is 23.8 Å². The Kier molecular flexibility index (Phi) is 6.41. The van der Waals surface area contributed by atoms with Crippen molar-refractivity contribution < 1.29 is 9.53 Å². The molecule has 26 heavy (non-hydrogen) atoms. The van der Waals surface area contributed by atoms with E-state index >= 15 is 0 Å². The van der Waals surface area contributed by atoms with Crippen LogP contribution >= 0.6 is 11.3 Å². The van der Waals surface area contributed by atoms with E-state index in [1.54, 1.807) is 11.3 Å². The fraction of sp³-hybridized carbons (Fsp3) is 0.400. The van der Waals surface area contributed by atoms with E-state index in [1.807, 2.05) is 25.3 Å². The van der Waals surface area contributed by atoms with Crippen molar-refractivity contribution in [2.24, 2.45) is 0 Å². The number of hydrogen-bond acceptors (Lipinski definition) is 5. The number of carbonyl (C=O) groups excluding carboxylic acids is 1. The molecule has 1 aliphatic rings. The van der Waals surface area contributed by atoms with Crippen LogP contribution in [-0.4, -0.2) is 35.5 Å². The number of ether oxygens (including phenoxy) is 1. The first-order valence-electron chi connectivity index (χ1n) is 8.99. The topological polar surface area (TPSA) is 54.5 Å². The first-order chi connectivity index (χ1) is 12.6. The second kappa shape index (κ2) is 8.96. The second-order valence-corrected chi connectivity index (χ2v) is 7.51. The van der Waals surface area contributed by atoms with Crippen LogP contribution in [0.3, 0.4) is 0 Å². The van der Waals surface area contributed by atoms with Gasteiger partial charge >= 0.3 is 0 Å². The number of aromatic nitrogens is 1. The largest absolute Gasteiger partial charge is 0.494 e. The van der Waals surface area contributed by atoms with Crippen LogP contribution in [0.15, 0.2) is 36.0 Å². The van der Waals surface area contributed by atoms with E-state index in [-0.39, 0.29) is 5.91 Å². The van der Waals surface area contributed by atoms with Gasteiger partial charge in [-0.3, -0.25) is 9.69 Å². The average molecular weight is 372 g/mol. The maximum Gasteiger partial charge on any atom is 0.223 e. The third-order valence-electron chi connectivity index (χ3n) is 4.28. The lowest BCUT2D eigenvalue weighted by atomic mass is 10.0. The minimum Gasteiger partial charge on any atom is -0.494 e. The molecule has 1 fully saturated rings. The highest BCUT2D eigenvalue weighted by atomic mass is 32.1. The molecule has 2 heterocycles. The SMILES string of the molecule is CCOc1ccc(C=C2CCN(Cc3cnc(NC(C)=O)s3)CC2)cc1. The standard InChI is InChI=1S/C20H25N3O2S/c1-3-25-18-6-4-16(5-7-18)12-17-8-10-23(11-9-17)14-19-13-21-20(26-19)22-15(2)24/h4-7,12-13H,3,8-11,14H2,1-2H3,(H,21,22,24). The van der Waals surface area contributed by atoms with Gasteiger partial charge in [0.15, 0.2) is 5.13 Å². The van der Waals surface area contributed by atoms with Crippen LogP contribution in [0.1, 0.15) is 37.1 Å². The van der Waals surface area contributed by atoms with Crippen LogP contribution in [0.2, 0.25) is 0 Å². The van der Waals surface area contributed by atoms with Crippen molar-refractivity contribution in [3.8, 4) is 5.75 Å². The molecule has 0 spiro atoms. The summed E-state index contributed by atoms with van der Waals surface area (Å²) < 4.78 is 5.49. The van der Waals surface area contributed by atoms with Crippen molar-refractivity contribution in [1.29, 1.82) is 0 Å². The summed E-state index contributed by atoms with van der Waals surface area (Å²) in [6, 6.07) is 8.29. The van der Waals surface area contributed by atoms with Gasteiger partial charge in [-0.05, 0) is 37.5 Å². The summed E-state index contributed by atoms with van der Waals surface area (Å²) in [5.74, 6) is 0.848. The van der Waals surface area contributed by atoms with Crippen molar-refractivity contribution in [2.45, 2.75) is 33.2 Å². The van der Waals surface area contributed by atoms with Crippen LogP contribution in [-0.2, 0) is 11.3 Å². The zero-order valence-corrected chi connectivity index (χ0v) is 16.1. The van der Waals surface area contributed by atoms with E-state index in [4.69, 9.17) is 4.74 Å². The molecule has 3 rings (SSSR count).